The number of aryl methyl sites for hydroxylation is 1. The molecule has 0 spiro atoms. The zero-order chi connectivity index (χ0) is 8.27. The summed E-state index contributed by atoms with van der Waals surface area (Å²) in [4.78, 5) is 4.21. The third-order valence-electron chi connectivity index (χ3n) is 1.07. The first-order valence-corrected chi connectivity index (χ1v) is 4.32. The number of nitrogens with zero attached hydrogens (tertiary/aromatic N) is 1. The van der Waals surface area contributed by atoms with Gasteiger partial charge in [-0.1, -0.05) is 18.3 Å². The predicted molar refractivity (Wildman–Crippen MR) is 51.6 cm³/mol. The van der Waals surface area contributed by atoms with Crippen LogP contribution in [0.2, 0.25) is 0 Å². The average Bonchev–Trinajstić information content (AvgIpc) is 1.85. The number of thioether (sulfide) groups is 1. The van der Waals surface area contributed by atoms with Crippen LogP contribution in [-0.4, -0.2) is 9.30 Å². The highest BCUT2D eigenvalue weighted by Gasteiger charge is 1.96. The second kappa shape index (κ2) is 3.69. The molecule has 0 bridgehead atoms. The van der Waals surface area contributed by atoms with Crippen LogP contribution in [0, 0.1) is 6.92 Å². The molecule has 0 saturated heterocycles. The van der Waals surface area contributed by atoms with Crippen molar-refractivity contribution in [2.24, 2.45) is 5.73 Å². The van der Waals surface area contributed by atoms with Gasteiger partial charge in [-0.25, -0.2) is 4.98 Å². The van der Waals surface area contributed by atoms with E-state index in [1.54, 1.807) is 0 Å². The molecule has 0 saturated carbocycles. The number of pyridine rings is 1. The number of nitrogens with two attached hydrogens (primary N) is 1. The Bertz CT molecular complexity index is 273. The average molecular weight is 184 g/mol. The standard InChI is InChI=1S/C7H8N2S2/c1-5-3-2-4-6(9-5)11-7(8)10/h2-4H,1H3,(H2,8,10). The van der Waals surface area contributed by atoms with Crippen molar-refractivity contribution < 1.29 is 0 Å². The topological polar surface area (TPSA) is 38.9 Å². The predicted octanol–water partition coefficient (Wildman–Crippen LogP) is 1.73. The van der Waals surface area contributed by atoms with E-state index in [9.17, 15) is 0 Å². The van der Waals surface area contributed by atoms with E-state index in [-0.39, 0.29) is 0 Å². The summed E-state index contributed by atoms with van der Waals surface area (Å²) in [6, 6.07) is 5.75. The molecule has 58 valence electrons. The Labute approximate surface area is 75.2 Å². The molecule has 1 aromatic rings. The van der Waals surface area contributed by atoms with Gasteiger partial charge in [0.25, 0.3) is 0 Å². The molecular formula is C7H8N2S2. The lowest BCUT2D eigenvalue weighted by Crippen LogP contribution is -2.01. The van der Waals surface area contributed by atoms with Crippen LogP contribution in [0.5, 0.6) is 0 Å². The lowest BCUT2D eigenvalue weighted by molar-refractivity contribution is 1.07. The van der Waals surface area contributed by atoms with Crippen molar-refractivity contribution in [3.63, 3.8) is 0 Å². The summed E-state index contributed by atoms with van der Waals surface area (Å²) in [5, 5.41) is 0.859. The van der Waals surface area contributed by atoms with Gasteiger partial charge in [-0.05, 0) is 30.8 Å². The third-order valence-corrected chi connectivity index (χ3v) is 1.96. The number of rotatable bonds is 1. The van der Waals surface area contributed by atoms with Crippen LogP contribution in [0.3, 0.4) is 0 Å². The number of hydrogen-bond acceptors (Lipinski definition) is 3. The molecule has 0 radical (unpaired) electrons. The second-order valence-electron chi connectivity index (χ2n) is 2.04. The van der Waals surface area contributed by atoms with Gasteiger partial charge in [-0.15, -0.1) is 0 Å². The first-order valence-electron chi connectivity index (χ1n) is 3.09. The minimum Gasteiger partial charge on any atom is -0.384 e. The third kappa shape index (κ3) is 2.86. The fourth-order valence-corrected chi connectivity index (χ4v) is 1.48. The molecule has 0 unspecified atom stereocenters. The van der Waals surface area contributed by atoms with Crippen molar-refractivity contribution in [3.05, 3.63) is 23.9 Å². The number of thiocarbonyl (C=S) groups is 1. The molecule has 0 aliphatic rings. The van der Waals surface area contributed by atoms with Gasteiger partial charge in [0, 0.05) is 5.69 Å². The van der Waals surface area contributed by atoms with Crippen molar-refractivity contribution in [1.29, 1.82) is 0 Å². The Morgan fingerprint density at radius 3 is 2.91 bits per heavy atom. The summed E-state index contributed by atoms with van der Waals surface area (Å²) in [5.41, 5.74) is 6.31. The summed E-state index contributed by atoms with van der Waals surface area (Å²) in [7, 11) is 0. The van der Waals surface area contributed by atoms with Gasteiger partial charge in [0.2, 0.25) is 0 Å². The Balaban J connectivity index is 2.79. The van der Waals surface area contributed by atoms with Crippen LogP contribution < -0.4 is 5.73 Å². The molecule has 4 heteroatoms. The van der Waals surface area contributed by atoms with Crippen LogP contribution >= 0.6 is 24.0 Å². The molecular weight excluding hydrogens is 176 g/mol. The molecule has 2 nitrogen and oxygen atoms in total. The zero-order valence-electron chi connectivity index (χ0n) is 6.07. The maximum absolute atomic E-state index is 5.33. The van der Waals surface area contributed by atoms with Crippen LogP contribution in [0.1, 0.15) is 5.69 Å². The van der Waals surface area contributed by atoms with E-state index < -0.39 is 0 Å². The molecule has 1 rings (SSSR count). The molecule has 0 amide bonds. The number of hydrogen-bond donors (Lipinski definition) is 1. The van der Waals surface area contributed by atoms with Gasteiger partial charge in [0.05, 0.1) is 0 Å². The zero-order valence-corrected chi connectivity index (χ0v) is 7.71. The van der Waals surface area contributed by atoms with Crippen molar-refractivity contribution in [1.82, 2.24) is 4.98 Å². The van der Waals surface area contributed by atoms with Gasteiger partial charge >= 0.3 is 0 Å². The molecule has 0 aliphatic heterocycles. The largest absolute Gasteiger partial charge is 0.384 e. The van der Waals surface area contributed by atoms with Crippen molar-refractivity contribution in [2.45, 2.75) is 11.9 Å². The highest BCUT2D eigenvalue weighted by atomic mass is 32.2. The minimum atomic E-state index is 0.406. The Kier molecular flexibility index (Phi) is 2.84. The van der Waals surface area contributed by atoms with E-state index in [1.165, 1.54) is 11.8 Å². The van der Waals surface area contributed by atoms with E-state index in [4.69, 9.17) is 18.0 Å². The van der Waals surface area contributed by atoms with Crippen LogP contribution in [0.15, 0.2) is 23.2 Å². The van der Waals surface area contributed by atoms with Crippen molar-refractivity contribution in [3.8, 4) is 0 Å². The molecule has 1 aromatic heterocycles. The van der Waals surface area contributed by atoms with Crippen LogP contribution in [-0.2, 0) is 0 Å². The second-order valence-corrected chi connectivity index (χ2v) is 3.80. The van der Waals surface area contributed by atoms with Gasteiger partial charge in [0.1, 0.15) is 9.35 Å². The quantitative estimate of drug-likeness (QED) is 0.533. The highest BCUT2D eigenvalue weighted by Crippen LogP contribution is 2.14. The maximum atomic E-state index is 5.33. The van der Waals surface area contributed by atoms with Crippen molar-refractivity contribution >= 4 is 28.3 Å². The SMILES string of the molecule is Cc1cccc(SC(N)=S)n1. The first-order chi connectivity index (χ1) is 5.18. The highest BCUT2D eigenvalue weighted by molar-refractivity contribution is 8.22. The molecule has 0 fully saturated rings. The van der Waals surface area contributed by atoms with Gasteiger partial charge < -0.3 is 5.73 Å². The van der Waals surface area contributed by atoms with Crippen LogP contribution in [0.25, 0.3) is 0 Å². The number of aromatic nitrogens is 1. The van der Waals surface area contributed by atoms with Gasteiger partial charge in [0.15, 0.2) is 0 Å². The maximum Gasteiger partial charge on any atom is 0.137 e. The van der Waals surface area contributed by atoms with Crippen LogP contribution in [0.4, 0.5) is 0 Å². The molecule has 0 aliphatic carbocycles. The minimum absolute atomic E-state index is 0.406. The summed E-state index contributed by atoms with van der Waals surface area (Å²) in [6.45, 7) is 1.93. The summed E-state index contributed by atoms with van der Waals surface area (Å²) in [6.07, 6.45) is 0. The van der Waals surface area contributed by atoms with E-state index in [0.29, 0.717) is 4.32 Å². The smallest absolute Gasteiger partial charge is 0.137 e. The van der Waals surface area contributed by atoms with Crippen molar-refractivity contribution in [2.75, 3.05) is 0 Å². The molecule has 1 heterocycles. The normalized spacial score (nSPS) is 9.55. The fraction of sp³-hybridized carbons (Fsp3) is 0.143. The Morgan fingerprint density at radius 2 is 2.36 bits per heavy atom. The monoisotopic (exact) mass is 184 g/mol. The fourth-order valence-electron chi connectivity index (χ4n) is 0.678. The van der Waals surface area contributed by atoms with Gasteiger partial charge in [-0.3, -0.25) is 0 Å². The molecule has 0 atom stereocenters. The molecule has 11 heavy (non-hydrogen) atoms. The van der Waals surface area contributed by atoms with E-state index in [0.717, 1.165) is 10.7 Å². The first kappa shape index (κ1) is 8.49. The molecule has 0 aromatic carbocycles. The summed E-state index contributed by atoms with van der Waals surface area (Å²) >= 11 is 6.03. The lowest BCUT2D eigenvalue weighted by atomic mass is 10.4. The summed E-state index contributed by atoms with van der Waals surface area (Å²) < 4.78 is 0.406. The van der Waals surface area contributed by atoms with E-state index in [1.807, 2.05) is 25.1 Å². The molecule has 2 N–H and O–H groups in total. The summed E-state index contributed by atoms with van der Waals surface area (Å²) in [5.74, 6) is 0. The lowest BCUT2D eigenvalue weighted by Gasteiger charge is -1.97. The van der Waals surface area contributed by atoms with Gasteiger partial charge in [-0.2, -0.15) is 0 Å². The Hall–Kier alpha value is -0.610. The van der Waals surface area contributed by atoms with E-state index >= 15 is 0 Å². The van der Waals surface area contributed by atoms with E-state index in [2.05, 4.69) is 4.98 Å². The Morgan fingerprint density at radius 1 is 1.64 bits per heavy atom.